The molecule has 2 aromatic carbocycles. The minimum atomic E-state index is -0.370. The number of hydrogen-bond donors (Lipinski definition) is 1. The molecule has 1 N–H and O–H groups in total. The average molecular weight is 337 g/mol. The number of carbonyl (C=O) groups excluding carboxylic acids is 1. The third-order valence-corrected chi connectivity index (χ3v) is 3.32. The van der Waals surface area contributed by atoms with Crippen molar-refractivity contribution in [1.29, 1.82) is 0 Å². The first-order chi connectivity index (χ1) is 10.5. The summed E-state index contributed by atoms with van der Waals surface area (Å²) >= 11 is 11.8. The van der Waals surface area contributed by atoms with Crippen LogP contribution in [0.1, 0.15) is 11.1 Å². The summed E-state index contributed by atoms with van der Waals surface area (Å²) < 4.78 is 0. The third-order valence-electron chi connectivity index (χ3n) is 2.75. The molecule has 0 unspecified atom stereocenters. The molecule has 0 aliphatic heterocycles. The lowest BCUT2D eigenvalue weighted by Crippen LogP contribution is -2.17. The van der Waals surface area contributed by atoms with Crippen molar-refractivity contribution in [2.45, 2.75) is 6.92 Å². The summed E-state index contributed by atoms with van der Waals surface area (Å²) in [6, 6.07) is 12.6. The monoisotopic (exact) mass is 336 g/mol. The maximum Gasteiger partial charge on any atom is 0.265 e. The van der Waals surface area contributed by atoms with Crippen molar-refractivity contribution < 1.29 is 9.63 Å². The third kappa shape index (κ3) is 5.06. The number of hydrogen-bond acceptors (Lipinski definition) is 3. The predicted octanol–water partition coefficient (Wildman–Crippen LogP) is 4.29. The van der Waals surface area contributed by atoms with Crippen molar-refractivity contribution in [2.75, 3.05) is 11.9 Å². The molecule has 0 atom stereocenters. The van der Waals surface area contributed by atoms with Gasteiger partial charge in [0.2, 0.25) is 0 Å². The van der Waals surface area contributed by atoms with Gasteiger partial charge in [-0.3, -0.25) is 4.79 Å². The number of nitrogens with one attached hydrogen (secondary N) is 1. The van der Waals surface area contributed by atoms with Gasteiger partial charge in [0.25, 0.3) is 5.91 Å². The van der Waals surface area contributed by atoms with E-state index in [4.69, 9.17) is 28.0 Å². The molecule has 22 heavy (non-hydrogen) atoms. The second kappa shape index (κ2) is 7.82. The van der Waals surface area contributed by atoms with Crippen LogP contribution in [0.25, 0.3) is 0 Å². The molecule has 0 aliphatic carbocycles. The molecule has 4 nitrogen and oxygen atoms in total. The van der Waals surface area contributed by atoms with E-state index in [9.17, 15) is 4.79 Å². The maximum absolute atomic E-state index is 11.7. The Bertz CT molecular complexity index is 685. The van der Waals surface area contributed by atoms with E-state index >= 15 is 0 Å². The van der Waals surface area contributed by atoms with E-state index < -0.39 is 0 Å². The quantitative estimate of drug-likeness (QED) is 0.654. The molecule has 0 bridgehead atoms. The number of aryl methyl sites for hydroxylation is 1. The van der Waals surface area contributed by atoms with Crippen LogP contribution in [0, 0.1) is 6.92 Å². The van der Waals surface area contributed by atoms with E-state index in [1.165, 1.54) is 0 Å². The predicted molar refractivity (Wildman–Crippen MR) is 89.8 cm³/mol. The Hall–Kier alpha value is -2.04. The first-order valence-corrected chi connectivity index (χ1v) is 7.27. The van der Waals surface area contributed by atoms with Gasteiger partial charge in [0.1, 0.15) is 0 Å². The number of nitrogens with zero attached hydrogens (tertiary/aromatic N) is 1. The van der Waals surface area contributed by atoms with E-state index in [0.29, 0.717) is 15.7 Å². The second-order valence-corrected chi connectivity index (χ2v) is 5.43. The molecule has 0 heterocycles. The lowest BCUT2D eigenvalue weighted by Gasteiger charge is -2.06. The van der Waals surface area contributed by atoms with Crippen molar-refractivity contribution in [3.05, 3.63) is 63.6 Å². The summed E-state index contributed by atoms with van der Waals surface area (Å²) in [5.41, 5.74) is 2.49. The zero-order valence-electron chi connectivity index (χ0n) is 11.8. The van der Waals surface area contributed by atoms with Crippen molar-refractivity contribution in [3.63, 3.8) is 0 Å². The standard InChI is InChI=1S/C16H14Cl2N2O2/c1-11-2-4-12(5-3-11)9-19-22-10-16(21)20-15-8-13(17)6-7-14(15)18/h2-9H,10H2,1H3,(H,20,21)/b19-9-. The van der Waals surface area contributed by atoms with Gasteiger partial charge in [-0.15, -0.1) is 0 Å². The van der Waals surface area contributed by atoms with Gasteiger partial charge in [-0.1, -0.05) is 58.2 Å². The molecule has 0 spiro atoms. The van der Waals surface area contributed by atoms with Gasteiger partial charge in [0.15, 0.2) is 6.61 Å². The maximum atomic E-state index is 11.7. The number of halogens is 2. The lowest BCUT2D eigenvalue weighted by atomic mass is 10.2. The van der Waals surface area contributed by atoms with Crippen LogP contribution in [-0.2, 0) is 9.63 Å². The largest absolute Gasteiger partial charge is 0.386 e. The van der Waals surface area contributed by atoms with Crippen LogP contribution < -0.4 is 5.32 Å². The summed E-state index contributed by atoms with van der Waals surface area (Å²) in [4.78, 5) is 16.7. The Morgan fingerprint density at radius 3 is 2.68 bits per heavy atom. The molecule has 0 fully saturated rings. The van der Waals surface area contributed by atoms with Crippen molar-refractivity contribution in [2.24, 2.45) is 5.16 Å². The highest BCUT2D eigenvalue weighted by molar-refractivity contribution is 6.35. The minimum absolute atomic E-state index is 0.217. The fourth-order valence-electron chi connectivity index (χ4n) is 1.63. The average Bonchev–Trinajstić information content (AvgIpc) is 2.49. The molecule has 2 aromatic rings. The van der Waals surface area contributed by atoms with E-state index in [1.54, 1.807) is 24.4 Å². The molecular weight excluding hydrogens is 323 g/mol. The van der Waals surface area contributed by atoms with E-state index in [0.717, 1.165) is 11.1 Å². The summed E-state index contributed by atoms with van der Waals surface area (Å²) in [7, 11) is 0. The molecular formula is C16H14Cl2N2O2. The van der Waals surface area contributed by atoms with Crippen LogP contribution in [-0.4, -0.2) is 18.7 Å². The highest BCUT2D eigenvalue weighted by Crippen LogP contribution is 2.25. The topological polar surface area (TPSA) is 50.7 Å². The second-order valence-electron chi connectivity index (χ2n) is 4.59. The number of rotatable bonds is 5. The van der Waals surface area contributed by atoms with Gasteiger partial charge in [-0.2, -0.15) is 0 Å². The number of anilines is 1. The molecule has 0 radical (unpaired) electrons. The van der Waals surface area contributed by atoms with Crippen LogP contribution in [0.5, 0.6) is 0 Å². The van der Waals surface area contributed by atoms with Gasteiger partial charge in [0, 0.05) is 5.02 Å². The van der Waals surface area contributed by atoms with Crippen molar-refractivity contribution >= 4 is 41.0 Å². The SMILES string of the molecule is Cc1ccc(/C=N\OCC(=O)Nc2cc(Cl)ccc2Cl)cc1. The molecule has 0 saturated carbocycles. The Morgan fingerprint density at radius 2 is 1.95 bits per heavy atom. The van der Waals surface area contributed by atoms with Crippen LogP contribution in [0.3, 0.4) is 0 Å². The number of carbonyl (C=O) groups is 1. The first kappa shape index (κ1) is 16.3. The van der Waals surface area contributed by atoms with Gasteiger partial charge in [-0.05, 0) is 30.7 Å². The summed E-state index contributed by atoms with van der Waals surface area (Å²) in [6.45, 7) is 1.79. The van der Waals surface area contributed by atoms with Gasteiger partial charge in [-0.25, -0.2) is 0 Å². The van der Waals surface area contributed by atoms with Crippen LogP contribution in [0.2, 0.25) is 10.0 Å². The molecule has 2 rings (SSSR count). The zero-order chi connectivity index (χ0) is 15.9. The molecule has 114 valence electrons. The van der Waals surface area contributed by atoms with Gasteiger partial charge >= 0.3 is 0 Å². The molecule has 0 aliphatic rings. The van der Waals surface area contributed by atoms with Crippen LogP contribution >= 0.6 is 23.2 Å². The first-order valence-electron chi connectivity index (χ1n) is 6.51. The smallest absolute Gasteiger partial charge is 0.265 e. The highest BCUT2D eigenvalue weighted by Gasteiger charge is 2.06. The molecule has 1 amide bonds. The van der Waals surface area contributed by atoms with Crippen molar-refractivity contribution in [3.8, 4) is 0 Å². The van der Waals surface area contributed by atoms with E-state index in [1.807, 2.05) is 31.2 Å². The zero-order valence-corrected chi connectivity index (χ0v) is 13.4. The van der Waals surface area contributed by atoms with Crippen molar-refractivity contribution in [1.82, 2.24) is 0 Å². The minimum Gasteiger partial charge on any atom is -0.386 e. The summed E-state index contributed by atoms with van der Waals surface area (Å²) in [5.74, 6) is -0.370. The van der Waals surface area contributed by atoms with E-state index in [-0.39, 0.29) is 12.5 Å². The lowest BCUT2D eigenvalue weighted by molar-refractivity contribution is -0.120. The Balaban J connectivity index is 1.83. The molecule has 6 heteroatoms. The van der Waals surface area contributed by atoms with Crippen LogP contribution in [0.15, 0.2) is 47.6 Å². The molecule has 0 saturated heterocycles. The fourth-order valence-corrected chi connectivity index (χ4v) is 1.96. The summed E-state index contributed by atoms with van der Waals surface area (Å²) in [5, 5.41) is 7.24. The van der Waals surface area contributed by atoms with Gasteiger partial charge < -0.3 is 10.2 Å². The number of oxime groups is 1. The van der Waals surface area contributed by atoms with E-state index in [2.05, 4.69) is 10.5 Å². The summed E-state index contributed by atoms with van der Waals surface area (Å²) in [6.07, 6.45) is 1.54. The fraction of sp³-hybridized carbons (Fsp3) is 0.125. The highest BCUT2D eigenvalue weighted by atomic mass is 35.5. The van der Waals surface area contributed by atoms with Gasteiger partial charge in [0.05, 0.1) is 16.9 Å². The normalized spacial score (nSPS) is 10.7. The number of amides is 1. The number of benzene rings is 2. The Morgan fingerprint density at radius 1 is 1.23 bits per heavy atom. The van der Waals surface area contributed by atoms with Crippen LogP contribution in [0.4, 0.5) is 5.69 Å². The Kier molecular flexibility index (Phi) is 5.81. The molecule has 0 aromatic heterocycles. The Labute approximate surface area is 138 Å².